The van der Waals surface area contributed by atoms with Gasteiger partial charge < -0.3 is 14.7 Å². The number of likely N-dealkylation sites (N-methyl/N-ethyl adjacent to an activating group) is 3. The van der Waals surface area contributed by atoms with Crippen molar-refractivity contribution in [3.8, 4) is 0 Å². The van der Waals surface area contributed by atoms with Crippen LogP contribution in [-0.2, 0) is 0 Å². The Labute approximate surface area is 127 Å². The monoisotopic (exact) mass is 296 g/mol. The predicted molar refractivity (Wildman–Crippen MR) is 81.7 cm³/mol. The van der Waals surface area contributed by atoms with Crippen LogP contribution in [-0.4, -0.2) is 69.2 Å². The summed E-state index contributed by atoms with van der Waals surface area (Å²) in [7, 11) is 0. The van der Waals surface area contributed by atoms with Gasteiger partial charge in [-0.2, -0.15) is 0 Å². The third kappa shape index (κ3) is 2.07. The Kier molecular flexibility index (Phi) is 4.08. The molecule has 2 heterocycles. The first-order valence-electron chi connectivity index (χ1n) is 8.02. The Bertz CT molecular complexity index is 435. The highest BCUT2D eigenvalue weighted by atomic mass is 16.2. The molecule has 2 aliphatic heterocycles. The fourth-order valence-electron chi connectivity index (χ4n) is 3.43. The second kappa shape index (κ2) is 5.39. The molecular formula is C15H28N4O2. The van der Waals surface area contributed by atoms with Gasteiger partial charge >= 0.3 is 12.1 Å². The first-order valence-corrected chi connectivity index (χ1v) is 8.02. The van der Waals surface area contributed by atoms with Gasteiger partial charge in [0.2, 0.25) is 0 Å². The van der Waals surface area contributed by atoms with Crippen LogP contribution in [0.2, 0.25) is 0 Å². The SMILES string of the molecule is CCN1C(=O)N(CC)C2C1N(CC)C(=O)N2C(C)(C)CC. The van der Waals surface area contributed by atoms with Crippen LogP contribution in [0.15, 0.2) is 0 Å². The van der Waals surface area contributed by atoms with Crippen LogP contribution in [0.25, 0.3) is 0 Å². The van der Waals surface area contributed by atoms with Crippen molar-refractivity contribution in [3.05, 3.63) is 0 Å². The summed E-state index contributed by atoms with van der Waals surface area (Å²) in [6, 6.07) is 0.0848. The first-order chi connectivity index (χ1) is 9.85. The average Bonchev–Trinajstić information content (AvgIpc) is 2.88. The molecule has 2 fully saturated rings. The van der Waals surface area contributed by atoms with Crippen LogP contribution in [0, 0.1) is 0 Å². The van der Waals surface area contributed by atoms with Gasteiger partial charge in [-0.3, -0.25) is 4.90 Å². The zero-order valence-corrected chi connectivity index (χ0v) is 14.1. The van der Waals surface area contributed by atoms with E-state index < -0.39 is 0 Å². The molecule has 0 spiro atoms. The predicted octanol–water partition coefficient (Wildman–Crippen LogP) is 2.36. The molecule has 2 rings (SSSR count). The standard InChI is InChI=1S/C15H28N4O2/c1-7-15(5,6)19-12-11(17(9-3)14(19)21)16(8-2)13(20)18(12)10-4/h11-12H,7-10H2,1-6H3. The molecule has 6 heteroatoms. The van der Waals surface area contributed by atoms with E-state index in [0.29, 0.717) is 19.6 Å². The Morgan fingerprint density at radius 2 is 1.24 bits per heavy atom. The molecule has 2 atom stereocenters. The number of carbonyl (C=O) groups is 2. The fourth-order valence-corrected chi connectivity index (χ4v) is 3.43. The van der Waals surface area contributed by atoms with Crippen LogP contribution < -0.4 is 0 Å². The third-order valence-electron chi connectivity index (χ3n) is 4.97. The zero-order valence-electron chi connectivity index (χ0n) is 14.1. The Morgan fingerprint density at radius 1 is 0.810 bits per heavy atom. The molecule has 0 aromatic heterocycles. The average molecular weight is 296 g/mol. The second-order valence-corrected chi connectivity index (χ2v) is 6.29. The van der Waals surface area contributed by atoms with Gasteiger partial charge in [0.15, 0.2) is 0 Å². The van der Waals surface area contributed by atoms with Crippen LogP contribution in [0.5, 0.6) is 0 Å². The minimum atomic E-state index is -0.263. The number of nitrogens with zero attached hydrogens (tertiary/aromatic N) is 4. The first kappa shape index (κ1) is 15.9. The molecule has 0 N–H and O–H groups in total. The van der Waals surface area contributed by atoms with Crippen molar-refractivity contribution in [2.24, 2.45) is 0 Å². The largest absolute Gasteiger partial charge is 0.324 e. The molecular weight excluding hydrogens is 268 g/mol. The van der Waals surface area contributed by atoms with Crippen molar-refractivity contribution >= 4 is 12.1 Å². The highest BCUT2D eigenvalue weighted by molar-refractivity contribution is 5.85. The van der Waals surface area contributed by atoms with E-state index in [1.165, 1.54) is 0 Å². The molecule has 2 aliphatic rings. The molecule has 0 aromatic carbocycles. The molecule has 0 bridgehead atoms. The maximum atomic E-state index is 12.9. The Hall–Kier alpha value is -1.46. The Balaban J connectivity index is 2.50. The van der Waals surface area contributed by atoms with Crippen molar-refractivity contribution in [2.75, 3.05) is 19.6 Å². The van der Waals surface area contributed by atoms with Crippen molar-refractivity contribution in [1.29, 1.82) is 0 Å². The van der Waals surface area contributed by atoms with Crippen molar-refractivity contribution in [1.82, 2.24) is 19.6 Å². The van der Waals surface area contributed by atoms with E-state index in [4.69, 9.17) is 0 Å². The van der Waals surface area contributed by atoms with Crippen LogP contribution in [0.4, 0.5) is 9.59 Å². The van der Waals surface area contributed by atoms with Gasteiger partial charge in [0.05, 0.1) is 0 Å². The van der Waals surface area contributed by atoms with Gasteiger partial charge in [-0.05, 0) is 41.0 Å². The smallest absolute Gasteiger partial charge is 0.300 e. The number of rotatable bonds is 5. The normalized spacial score (nSPS) is 26.2. The lowest BCUT2D eigenvalue weighted by Gasteiger charge is -2.40. The highest BCUT2D eigenvalue weighted by Crippen LogP contribution is 2.39. The number of carbonyl (C=O) groups excluding carboxylic acids is 2. The summed E-state index contributed by atoms with van der Waals surface area (Å²) >= 11 is 0. The van der Waals surface area contributed by atoms with E-state index in [-0.39, 0.29) is 29.9 Å². The summed E-state index contributed by atoms with van der Waals surface area (Å²) < 4.78 is 0. The molecule has 0 radical (unpaired) electrons. The molecule has 0 aromatic rings. The summed E-state index contributed by atoms with van der Waals surface area (Å²) in [5, 5.41) is 0. The minimum Gasteiger partial charge on any atom is -0.300 e. The number of fused-ring (bicyclic) bond motifs is 1. The lowest BCUT2D eigenvalue weighted by atomic mass is 9.99. The molecule has 6 nitrogen and oxygen atoms in total. The Morgan fingerprint density at radius 3 is 1.67 bits per heavy atom. The molecule has 0 saturated carbocycles. The van der Waals surface area contributed by atoms with E-state index in [9.17, 15) is 9.59 Å². The van der Waals surface area contributed by atoms with Crippen LogP contribution >= 0.6 is 0 Å². The van der Waals surface area contributed by atoms with E-state index in [2.05, 4.69) is 20.8 Å². The summed E-state index contributed by atoms with van der Waals surface area (Å²) in [6.45, 7) is 14.0. The quantitative estimate of drug-likeness (QED) is 0.782. The van der Waals surface area contributed by atoms with E-state index in [1.807, 2.05) is 40.4 Å². The van der Waals surface area contributed by atoms with E-state index in [1.54, 1.807) is 0 Å². The van der Waals surface area contributed by atoms with Gasteiger partial charge in [-0.15, -0.1) is 0 Å². The molecule has 4 amide bonds. The summed E-state index contributed by atoms with van der Waals surface area (Å²) in [5.41, 5.74) is -0.263. The highest BCUT2D eigenvalue weighted by Gasteiger charge is 2.60. The van der Waals surface area contributed by atoms with E-state index >= 15 is 0 Å². The number of hydrogen-bond donors (Lipinski definition) is 0. The summed E-state index contributed by atoms with van der Waals surface area (Å²) in [6.07, 6.45) is 0.521. The topological polar surface area (TPSA) is 47.1 Å². The second-order valence-electron chi connectivity index (χ2n) is 6.29. The molecule has 2 saturated heterocycles. The zero-order chi connectivity index (χ0) is 15.9. The molecule has 2 unspecified atom stereocenters. The maximum Gasteiger partial charge on any atom is 0.324 e. The number of hydrogen-bond acceptors (Lipinski definition) is 2. The summed E-state index contributed by atoms with van der Waals surface area (Å²) in [4.78, 5) is 32.9. The van der Waals surface area contributed by atoms with Gasteiger partial charge in [0.1, 0.15) is 12.3 Å². The lowest BCUT2D eigenvalue weighted by molar-refractivity contribution is 0.0603. The van der Waals surface area contributed by atoms with Crippen molar-refractivity contribution < 1.29 is 9.59 Å². The minimum absolute atomic E-state index is 0.0397. The fraction of sp³-hybridized carbons (Fsp3) is 0.867. The van der Waals surface area contributed by atoms with E-state index in [0.717, 1.165) is 6.42 Å². The van der Waals surface area contributed by atoms with Crippen molar-refractivity contribution in [2.45, 2.75) is 65.8 Å². The van der Waals surface area contributed by atoms with Gasteiger partial charge in [-0.25, -0.2) is 9.59 Å². The number of amides is 4. The van der Waals surface area contributed by atoms with Crippen molar-refractivity contribution in [3.63, 3.8) is 0 Å². The number of urea groups is 2. The summed E-state index contributed by atoms with van der Waals surface area (Å²) in [5.74, 6) is 0. The third-order valence-corrected chi connectivity index (χ3v) is 4.97. The van der Waals surface area contributed by atoms with Gasteiger partial charge in [0, 0.05) is 25.2 Å². The van der Waals surface area contributed by atoms with Crippen LogP contribution in [0.1, 0.15) is 48.0 Å². The molecule has 0 aliphatic carbocycles. The van der Waals surface area contributed by atoms with Crippen LogP contribution in [0.3, 0.4) is 0 Å². The molecule has 120 valence electrons. The maximum absolute atomic E-state index is 12.9. The van der Waals surface area contributed by atoms with Gasteiger partial charge in [-0.1, -0.05) is 6.92 Å². The van der Waals surface area contributed by atoms with Gasteiger partial charge in [0.25, 0.3) is 0 Å². The molecule has 21 heavy (non-hydrogen) atoms. The lowest BCUT2D eigenvalue weighted by Crippen LogP contribution is -2.55.